The Labute approximate surface area is 193 Å². The van der Waals surface area contributed by atoms with E-state index in [9.17, 15) is 18.0 Å². The Balaban J connectivity index is 1.45. The van der Waals surface area contributed by atoms with Gasteiger partial charge in [0, 0.05) is 36.3 Å². The van der Waals surface area contributed by atoms with Crippen LogP contribution in [-0.4, -0.2) is 42.6 Å². The lowest BCUT2D eigenvalue weighted by atomic mass is 10.3. The summed E-state index contributed by atoms with van der Waals surface area (Å²) in [5, 5.41) is 7.62. The van der Waals surface area contributed by atoms with Gasteiger partial charge in [-0.15, -0.1) is 22.7 Å². The Morgan fingerprint density at radius 2 is 2.00 bits per heavy atom. The number of aromatic nitrogens is 1. The van der Waals surface area contributed by atoms with E-state index < -0.39 is 15.9 Å². The Kier molecular flexibility index (Phi) is 6.47. The van der Waals surface area contributed by atoms with Crippen LogP contribution in [0.25, 0.3) is 10.6 Å². The molecule has 1 aliphatic rings. The second-order valence-corrected chi connectivity index (χ2v) is 11.2. The van der Waals surface area contributed by atoms with Crippen molar-refractivity contribution < 1.29 is 22.4 Å². The average Bonchev–Trinajstić information content (AvgIpc) is 3.52. The molecule has 3 aromatic heterocycles. The van der Waals surface area contributed by atoms with E-state index in [0.29, 0.717) is 30.5 Å². The second kappa shape index (κ2) is 9.14. The zero-order valence-corrected chi connectivity index (χ0v) is 20.0. The van der Waals surface area contributed by atoms with E-state index in [1.807, 2.05) is 17.5 Å². The predicted octanol–water partition coefficient (Wildman–Crippen LogP) is 3.45. The van der Waals surface area contributed by atoms with Gasteiger partial charge in [-0.2, -0.15) is 4.31 Å². The van der Waals surface area contributed by atoms with Crippen LogP contribution in [0.5, 0.6) is 0 Å². The number of hydrogen-bond acceptors (Lipinski definition) is 8. The average molecular weight is 495 g/mol. The van der Waals surface area contributed by atoms with Crippen molar-refractivity contribution in [1.82, 2.24) is 14.6 Å². The first-order valence-corrected chi connectivity index (χ1v) is 13.1. The number of sulfonamides is 1. The maximum atomic E-state index is 12.8. The van der Waals surface area contributed by atoms with Crippen molar-refractivity contribution in [2.45, 2.75) is 38.1 Å². The minimum atomic E-state index is -3.67. The molecule has 4 rings (SSSR count). The normalized spacial score (nSPS) is 14.6. The molecule has 0 atom stereocenters. The number of amides is 2. The number of nitrogens with zero attached hydrogens (tertiary/aromatic N) is 2. The van der Waals surface area contributed by atoms with E-state index in [2.05, 4.69) is 15.6 Å². The number of thiazole rings is 1. The number of carbonyl (C=O) groups excluding carboxylic acids is 2. The molecule has 1 fully saturated rings. The van der Waals surface area contributed by atoms with Gasteiger partial charge < -0.3 is 9.73 Å². The molecule has 12 heteroatoms. The second-order valence-electron chi connectivity index (χ2n) is 7.31. The van der Waals surface area contributed by atoms with Gasteiger partial charge in [-0.25, -0.2) is 13.4 Å². The summed E-state index contributed by atoms with van der Waals surface area (Å²) in [4.78, 5) is 30.1. The molecule has 0 spiro atoms. The molecule has 0 unspecified atom stereocenters. The number of furan rings is 1. The number of thiophene rings is 1. The molecular formula is C20H22N4O5S3. The summed E-state index contributed by atoms with van der Waals surface area (Å²) in [6.45, 7) is 4.41. The van der Waals surface area contributed by atoms with Crippen LogP contribution in [-0.2, 0) is 21.4 Å². The molecule has 1 saturated heterocycles. The number of nitrogens with one attached hydrogen (secondary N) is 2. The molecule has 1 aliphatic heterocycles. The number of anilines is 1. The van der Waals surface area contributed by atoms with Gasteiger partial charge in [0.25, 0.3) is 5.91 Å². The molecule has 170 valence electrons. The van der Waals surface area contributed by atoms with Crippen molar-refractivity contribution >= 4 is 49.6 Å². The number of hydrogen-bond donors (Lipinski definition) is 2. The van der Waals surface area contributed by atoms with Crippen molar-refractivity contribution in [3.8, 4) is 10.6 Å². The molecule has 3 aromatic rings. The lowest BCUT2D eigenvalue weighted by Gasteiger charge is -2.14. The van der Waals surface area contributed by atoms with Gasteiger partial charge in [0.15, 0.2) is 10.9 Å². The van der Waals surface area contributed by atoms with Crippen LogP contribution in [0.15, 0.2) is 32.9 Å². The summed E-state index contributed by atoms with van der Waals surface area (Å²) < 4.78 is 32.5. The highest BCUT2D eigenvalue weighted by molar-refractivity contribution is 7.89. The van der Waals surface area contributed by atoms with Crippen LogP contribution in [0.1, 0.15) is 41.0 Å². The standard InChI is InChI=1S/C20H22N4O5S3/c1-12-18(32(27,28)24-7-3-4-8-24)9-16(29-12)19(26)23-20-22-15(11-30-20)17-6-5-14(31-17)10-21-13(2)25/h5-6,9,11H,3-4,7-8,10H2,1-2H3,(H,21,25)(H,22,23,26). The fourth-order valence-electron chi connectivity index (χ4n) is 3.33. The maximum Gasteiger partial charge on any atom is 0.293 e. The summed E-state index contributed by atoms with van der Waals surface area (Å²) in [5.74, 6) is -0.546. The Morgan fingerprint density at radius 1 is 1.25 bits per heavy atom. The molecule has 0 aliphatic carbocycles. The Bertz CT molecular complexity index is 1250. The van der Waals surface area contributed by atoms with Crippen LogP contribution >= 0.6 is 22.7 Å². The summed E-state index contributed by atoms with van der Waals surface area (Å²) >= 11 is 2.76. The largest absolute Gasteiger partial charge is 0.455 e. The van der Waals surface area contributed by atoms with Gasteiger partial charge in [-0.05, 0) is 31.9 Å². The molecule has 0 bridgehead atoms. The smallest absolute Gasteiger partial charge is 0.293 e. The van der Waals surface area contributed by atoms with Crippen molar-refractivity contribution in [2.75, 3.05) is 18.4 Å². The van der Waals surface area contributed by atoms with E-state index in [-0.39, 0.29) is 22.3 Å². The molecule has 2 N–H and O–H groups in total. The van der Waals surface area contributed by atoms with Gasteiger partial charge >= 0.3 is 0 Å². The SMILES string of the molecule is CC(=O)NCc1ccc(-c2csc(NC(=O)c3cc(S(=O)(=O)N4CCCC4)c(C)o3)n2)s1. The molecule has 32 heavy (non-hydrogen) atoms. The topological polar surface area (TPSA) is 122 Å². The van der Waals surface area contributed by atoms with E-state index in [4.69, 9.17) is 4.42 Å². The zero-order valence-electron chi connectivity index (χ0n) is 17.5. The molecule has 0 saturated carbocycles. The van der Waals surface area contributed by atoms with Gasteiger partial charge in [-0.1, -0.05) is 0 Å². The molecule has 2 amide bonds. The molecular weight excluding hydrogens is 472 g/mol. The molecule has 0 radical (unpaired) electrons. The molecule has 0 aromatic carbocycles. The third-order valence-electron chi connectivity index (χ3n) is 4.93. The minimum Gasteiger partial charge on any atom is -0.455 e. The fourth-order valence-corrected chi connectivity index (χ4v) is 6.69. The van der Waals surface area contributed by atoms with E-state index in [1.54, 1.807) is 0 Å². The van der Waals surface area contributed by atoms with Crippen LogP contribution < -0.4 is 10.6 Å². The lowest BCUT2D eigenvalue weighted by Crippen LogP contribution is -2.28. The van der Waals surface area contributed by atoms with Gasteiger partial charge in [-0.3, -0.25) is 14.9 Å². The lowest BCUT2D eigenvalue weighted by molar-refractivity contribution is -0.119. The van der Waals surface area contributed by atoms with E-state index in [1.165, 1.54) is 46.9 Å². The first-order chi connectivity index (χ1) is 15.2. The first kappa shape index (κ1) is 22.6. The summed E-state index contributed by atoms with van der Waals surface area (Å²) in [7, 11) is -3.67. The van der Waals surface area contributed by atoms with E-state index in [0.717, 1.165) is 22.6 Å². The van der Waals surface area contributed by atoms with Crippen LogP contribution in [0, 0.1) is 6.92 Å². The minimum absolute atomic E-state index is 0.0228. The molecule has 9 nitrogen and oxygen atoms in total. The van der Waals surface area contributed by atoms with Gasteiger partial charge in [0.2, 0.25) is 15.9 Å². The fraction of sp³-hybridized carbons (Fsp3) is 0.350. The van der Waals surface area contributed by atoms with Crippen molar-refractivity contribution in [2.24, 2.45) is 0 Å². The molecule has 4 heterocycles. The summed E-state index contributed by atoms with van der Waals surface area (Å²) in [5.41, 5.74) is 0.706. The third kappa shape index (κ3) is 4.77. The summed E-state index contributed by atoms with van der Waals surface area (Å²) in [6, 6.07) is 5.11. The Hall–Kier alpha value is -2.54. The monoisotopic (exact) mass is 494 g/mol. The van der Waals surface area contributed by atoms with Crippen molar-refractivity contribution in [1.29, 1.82) is 0 Å². The highest BCUT2D eigenvalue weighted by Gasteiger charge is 2.31. The zero-order chi connectivity index (χ0) is 22.9. The Morgan fingerprint density at radius 3 is 2.72 bits per heavy atom. The van der Waals surface area contributed by atoms with E-state index >= 15 is 0 Å². The third-order valence-corrected chi connectivity index (χ3v) is 8.80. The van der Waals surface area contributed by atoms with Crippen LogP contribution in [0.4, 0.5) is 5.13 Å². The van der Waals surface area contributed by atoms with Crippen LogP contribution in [0.3, 0.4) is 0 Å². The van der Waals surface area contributed by atoms with Gasteiger partial charge in [0.1, 0.15) is 10.7 Å². The quantitative estimate of drug-likeness (QED) is 0.519. The van der Waals surface area contributed by atoms with Crippen molar-refractivity contribution in [3.63, 3.8) is 0 Å². The highest BCUT2D eigenvalue weighted by Crippen LogP contribution is 2.31. The number of rotatable bonds is 7. The number of aryl methyl sites for hydroxylation is 1. The first-order valence-electron chi connectivity index (χ1n) is 9.95. The van der Waals surface area contributed by atoms with Crippen molar-refractivity contribution in [3.05, 3.63) is 40.0 Å². The number of carbonyl (C=O) groups is 2. The maximum absolute atomic E-state index is 12.8. The highest BCUT2D eigenvalue weighted by atomic mass is 32.2. The van der Waals surface area contributed by atoms with Gasteiger partial charge in [0.05, 0.1) is 17.1 Å². The summed E-state index contributed by atoms with van der Waals surface area (Å²) in [6.07, 6.45) is 1.66. The predicted molar refractivity (Wildman–Crippen MR) is 122 cm³/mol. The van der Waals surface area contributed by atoms with Crippen LogP contribution in [0.2, 0.25) is 0 Å².